The number of hydrogen-bond donors (Lipinski definition) is 0. The number of anilines is 1. The molecule has 0 radical (unpaired) electrons. The molecule has 6 nitrogen and oxygen atoms in total. The number of aromatic nitrogens is 2. The van der Waals surface area contributed by atoms with Crippen LogP contribution in [0.3, 0.4) is 0 Å². The number of ether oxygens (including phenoxy) is 1. The monoisotopic (exact) mass is 342 g/mol. The number of amides is 1. The number of nitrogens with zero attached hydrogens (tertiary/aromatic N) is 4. The molecule has 4 aliphatic heterocycles. The molecule has 0 N–H and O–H groups in total. The molecule has 2 aromatic rings. The highest BCUT2D eigenvalue weighted by molar-refractivity contribution is 7.19. The van der Waals surface area contributed by atoms with Crippen molar-refractivity contribution >= 4 is 22.4 Å². The number of thiophene rings is 1. The topological polar surface area (TPSA) is 58.6 Å². The van der Waals surface area contributed by atoms with Gasteiger partial charge in [-0.05, 0) is 38.1 Å². The van der Waals surface area contributed by atoms with Crippen LogP contribution >= 0.6 is 11.3 Å². The fraction of sp³-hybridized carbons (Fsp3) is 0.471. The van der Waals surface area contributed by atoms with Gasteiger partial charge in [-0.15, -0.1) is 11.3 Å². The van der Waals surface area contributed by atoms with E-state index < -0.39 is 0 Å². The van der Waals surface area contributed by atoms with Crippen molar-refractivity contribution in [2.24, 2.45) is 5.92 Å². The normalized spacial score (nSPS) is 31.7. The third-order valence-electron chi connectivity index (χ3n) is 5.43. The van der Waals surface area contributed by atoms with Gasteiger partial charge in [-0.3, -0.25) is 19.8 Å². The molecule has 124 valence electrons. The third-order valence-corrected chi connectivity index (χ3v) is 6.56. The molecule has 0 aromatic carbocycles. The summed E-state index contributed by atoms with van der Waals surface area (Å²) in [6.45, 7) is 3.81. The van der Waals surface area contributed by atoms with E-state index in [4.69, 9.17) is 4.74 Å². The summed E-state index contributed by atoms with van der Waals surface area (Å²) in [5.74, 6) is 0.496. The minimum Gasteiger partial charge on any atom is -0.439 e. The maximum atomic E-state index is 12.5. The van der Waals surface area contributed by atoms with E-state index in [1.165, 1.54) is 0 Å². The Bertz CT molecular complexity index is 772. The maximum absolute atomic E-state index is 12.5. The molecular weight excluding hydrogens is 324 g/mol. The lowest BCUT2D eigenvalue weighted by Gasteiger charge is -2.49. The van der Waals surface area contributed by atoms with E-state index in [2.05, 4.69) is 14.9 Å². The Morgan fingerprint density at radius 2 is 2.08 bits per heavy atom. The van der Waals surface area contributed by atoms with Crippen LogP contribution in [0.1, 0.15) is 12.8 Å². The Morgan fingerprint density at radius 1 is 1.21 bits per heavy atom. The Kier molecular flexibility index (Phi) is 3.14. The summed E-state index contributed by atoms with van der Waals surface area (Å²) in [6.07, 6.45) is 7.14. The molecule has 1 atom stereocenters. The van der Waals surface area contributed by atoms with Crippen molar-refractivity contribution in [3.63, 3.8) is 0 Å². The van der Waals surface area contributed by atoms with Crippen LogP contribution in [-0.4, -0.2) is 52.7 Å². The van der Waals surface area contributed by atoms with Crippen LogP contribution in [0.2, 0.25) is 0 Å². The average molecular weight is 342 g/mol. The first-order valence-electron chi connectivity index (χ1n) is 8.33. The number of piperidine rings is 3. The van der Waals surface area contributed by atoms with Gasteiger partial charge < -0.3 is 4.74 Å². The summed E-state index contributed by atoms with van der Waals surface area (Å²) in [7, 11) is 0. The molecule has 0 saturated carbocycles. The molecule has 4 fully saturated rings. The molecule has 4 saturated heterocycles. The van der Waals surface area contributed by atoms with Crippen LogP contribution in [-0.2, 0) is 4.74 Å². The zero-order chi connectivity index (χ0) is 16.1. The van der Waals surface area contributed by atoms with E-state index >= 15 is 0 Å². The maximum Gasteiger partial charge on any atom is 0.415 e. The van der Waals surface area contributed by atoms with Gasteiger partial charge in [-0.25, -0.2) is 4.79 Å². The fourth-order valence-corrected chi connectivity index (χ4v) is 5.17. The van der Waals surface area contributed by atoms with E-state index in [0.29, 0.717) is 12.5 Å². The van der Waals surface area contributed by atoms with Crippen molar-refractivity contribution in [3.05, 3.63) is 30.7 Å². The summed E-state index contributed by atoms with van der Waals surface area (Å²) >= 11 is 1.56. The number of fused-ring (bicyclic) bond motifs is 2. The van der Waals surface area contributed by atoms with Crippen LogP contribution in [0.15, 0.2) is 30.7 Å². The minimum atomic E-state index is -0.315. The highest BCUT2D eigenvalue weighted by Gasteiger charge is 2.55. The highest BCUT2D eigenvalue weighted by Crippen LogP contribution is 2.44. The molecule has 0 unspecified atom stereocenters. The molecule has 4 aliphatic rings. The van der Waals surface area contributed by atoms with Gasteiger partial charge >= 0.3 is 6.09 Å². The third kappa shape index (κ3) is 2.15. The second-order valence-electron chi connectivity index (χ2n) is 6.80. The van der Waals surface area contributed by atoms with E-state index in [1.54, 1.807) is 34.8 Å². The molecular formula is C17H18N4O2S. The molecule has 2 bridgehead atoms. The average Bonchev–Trinajstić information content (AvgIpc) is 3.22. The summed E-state index contributed by atoms with van der Waals surface area (Å²) in [6, 6.07) is 3.98. The van der Waals surface area contributed by atoms with Gasteiger partial charge in [-0.1, -0.05) is 0 Å². The largest absolute Gasteiger partial charge is 0.439 e. The molecule has 1 spiro atoms. The van der Waals surface area contributed by atoms with Gasteiger partial charge in [-0.2, -0.15) is 0 Å². The van der Waals surface area contributed by atoms with Crippen molar-refractivity contribution in [2.75, 3.05) is 31.1 Å². The zero-order valence-electron chi connectivity index (χ0n) is 13.2. The zero-order valence-corrected chi connectivity index (χ0v) is 14.0. The molecule has 1 amide bonds. The van der Waals surface area contributed by atoms with Crippen LogP contribution < -0.4 is 4.90 Å². The van der Waals surface area contributed by atoms with Crippen molar-refractivity contribution < 1.29 is 9.53 Å². The van der Waals surface area contributed by atoms with E-state index in [0.717, 1.165) is 48.0 Å². The lowest BCUT2D eigenvalue weighted by molar-refractivity contribution is -0.0881. The SMILES string of the molecule is O=C1O[C@]2(CN3CCC2CC3)CN1c1ccc(-c2cnccn2)s1. The van der Waals surface area contributed by atoms with Gasteiger partial charge in [0.15, 0.2) is 0 Å². The van der Waals surface area contributed by atoms with E-state index in [1.807, 2.05) is 12.1 Å². The first-order valence-corrected chi connectivity index (χ1v) is 9.14. The molecule has 7 heteroatoms. The highest BCUT2D eigenvalue weighted by atomic mass is 32.1. The number of carbonyl (C=O) groups is 1. The summed E-state index contributed by atoms with van der Waals surface area (Å²) < 4.78 is 5.93. The van der Waals surface area contributed by atoms with Crippen molar-refractivity contribution in [3.8, 4) is 10.6 Å². The molecule has 2 aromatic heterocycles. The lowest BCUT2D eigenvalue weighted by Crippen LogP contribution is -2.61. The van der Waals surface area contributed by atoms with Crippen molar-refractivity contribution in [2.45, 2.75) is 18.4 Å². The van der Waals surface area contributed by atoms with Gasteiger partial charge in [0, 0.05) is 24.9 Å². The van der Waals surface area contributed by atoms with E-state index in [-0.39, 0.29) is 11.7 Å². The standard InChI is InChI=1S/C17H18N4O2S/c22-16-21(11-17(23-16)10-20-7-3-12(17)4-8-20)15-2-1-14(24-15)13-9-18-5-6-19-13/h1-2,5-6,9,12H,3-4,7-8,10-11H2/t17-/m1/s1. The second-order valence-corrected chi connectivity index (χ2v) is 7.86. The van der Waals surface area contributed by atoms with Gasteiger partial charge in [0.1, 0.15) is 10.6 Å². The summed E-state index contributed by atoms with van der Waals surface area (Å²) in [5.41, 5.74) is 0.517. The molecule has 0 aliphatic carbocycles. The first kappa shape index (κ1) is 14.4. The van der Waals surface area contributed by atoms with Crippen LogP contribution in [0, 0.1) is 5.92 Å². The molecule has 24 heavy (non-hydrogen) atoms. The predicted octanol–water partition coefficient (Wildman–Crippen LogP) is 2.63. The Morgan fingerprint density at radius 3 is 2.79 bits per heavy atom. The summed E-state index contributed by atoms with van der Waals surface area (Å²) in [5, 5.41) is 0.925. The summed E-state index contributed by atoms with van der Waals surface area (Å²) in [4.78, 5) is 26.2. The second kappa shape index (κ2) is 5.26. The quantitative estimate of drug-likeness (QED) is 0.840. The van der Waals surface area contributed by atoms with Gasteiger partial charge in [0.2, 0.25) is 0 Å². The number of hydrogen-bond acceptors (Lipinski definition) is 6. The van der Waals surface area contributed by atoms with Gasteiger partial charge in [0.25, 0.3) is 0 Å². The Labute approximate surface area is 144 Å². The Balaban J connectivity index is 1.42. The van der Waals surface area contributed by atoms with Gasteiger partial charge in [0.05, 0.1) is 23.3 Å². The number of carbonyl (C=O) groups excluding carboxylic acids is 1. The fourth-order valence-electron chi connectivity index (χ4n) is 4.22. The molecule has 6 heterocycles. The number of rotatable bonds is 2. The smallest absolute Gasteiger partial charge is 0.415 e. The predicted molar refractivity (Wildman–Crippen MR) is 91.1 cm³/mol. The van der Waals surface area contributed by atoms with Crippen LogP contribution in [0.4, 0.5) is 9.80 Å². The minimum absolute atomic E-state index is 0.212. The first-order chi connectivity index (χ1) is 11.7. The van der Waals surface area contributed by atoms with Crippen molar-refractivity contribution in [1.29, 1.82) is 0 Å². The Hall–Kier alpha value is -1.99. The van der Waals surface area contributed by atoms with Crippen molar-refractivity contribution in [1.82, 2.24) is 14.9 Å². The lowest BCUT2D eigenvalue weighted by atomic mass is 9.75. The van der Waals surface area contributed by atoms with E-state index in [9.17, 15) is 4.79 Å². The van der Waals surface area contributed by atoms with Crippen LogP contribution in [0.25, 0.3) is 10.6 Å². The molecule has 6 rings (SSSR count). The van der Waals surface area contributed by atoms with Crippen LogP contribution in [0.5, 0.6) is 0 Å².